The summed E-state index contributed by atoms with van der Waals surface area (Å²) in [7, 11) is 0. The van der Waals surface area contributed by atoms with Crippen molar-refractivity contribution in [3.05, 3.63) is 35.4 Å². The fourth-order valence-corrected chi connectivity index (χ4v) is 2.77. The van der Waals surface area contributed by atoms with Crippen LogP contribution in [0, 0.1) is 0 Å². The van der Waals surface area contributed by atoms with E-state index in [0.29, 0.717) is 0 Å². The maximum Gasteiger partial charge on any atom is 0.339 e. The van der Waals surface area contributed by atoms with Gasteiger partial charge in [-0.25, -0.2) is 4.79 Å². The zero-order valence-electron chi connectivity index (χ0n) is 8.85. The topological polar surface area (TPSA) is 29.5 Å². The van der Waals surface area contributed by atoms with Crippen LogP contribution in [0.25, 0.3) is 0 Å². The molecule has 1 spiro atoms. The molecule has 16 heavy (non-hydrogen) atoms. The average Bonchev–Trinajstić information content (AvgIpc) is 2.58. The number of carbonyl (C=O) groups is 1. The van der Waals surface area contributed by atoms with Crippen molar-refractivity contribution in [1.29, 1.82) is 0 Å². The van der Waals surface area contributed by atoms with Gasteiger partial charge in [0, 0.05) is 31.5 Å². The molecule has 1 aromatic carbocycles. The molecular weight excluding hydrogens is 222 g/mol. The molecule has 0 aromatic heterocycles. The Kier molecular flexibility index (Phi) is 2.23. The minimum absolute atomic E-state index is 0.178. The van der Waals surface area contributed by atoms with Crippen LogP contribution in [0.5, 0.6) is 0 Å². The van der Waals surface area contributed by atoms with Crippen LogP contribution in [0.2, 0.25) is 0 Å². The van der Waals surface area contributed by atoms with Gasteiger partial charge >= 0.3 is 5.97 Å². The van der Waals surface area contributed by atoms with Crippen molar-refractivity contribution in [3.8, 4) is 0 Å². The standard InChI is InChI=1S/C12H13NO2S/c14-11-9-3-1-2-4-10(9)12(15-11)5-7-13(16)8-6-12/h1-4,16H,5-8H2. The summed E-state index contributed by atoms with van der Waals surface area (Å²) in [5.74, 6) is -0.178. The van der Waals surface area contributed by atoms with E-state index in [1.54, 1.807) is 0 Å². The van der Waals surface area contributed by atoms with Crippen LogP contribution in [0.15, 0.2) is 24.3 Å². The molecule has 1 fully saturated rings. The summed E-state index contributed by atoms with van der Waals surface area (Å²) in [6.07, 6.45) is 1.67. The second-order valence-corrected chi connectivity index (χ2v) is 4.95. The van der Waals surface area contributed by atoms with Crippen LogP contribution in [0.4, 0.5) is 0 Å². The van der Waals surface area contributed by atoms with Crippen molar-refractivity contribution in [2.75, 3.05) is 13.1 Å². The Bertz CT molecular complexity index is 438. The second kappa shape index (κ2) is 3.50. The molecule has 0 bridgehead atoms. The molecule has 0 saturated carbocycles. The van der Waals surface area contributed by atoms with Gasteiger partial charge in [0.2, 0.25) is 0 Å². The highest BCUT2D eigenvalue weighted by atomic mass is 32.1. The quantitative estimate of drug-likeness (QED) is 0.551. The van der Waals surface area contributed by atoms with Crippen LogP contribution in [0.1, 0.15) is 28.8 Å². The van der Waals surface area contributed by atoms with E-state index in [1.807, 2.05) is 28.6 Å². The first kappa shape index (κ1) is 10.2. The molecule has 84 valence electrons. The van der Waals surface area contributed by atoms with Gasteiger partial charge in [0.05, 0.1) is 5.56 Å². The molecule has 0 amide bonds. The lowest BCUT2D eigenvalue weighted by Gasteiger charge is -2.36. The first-order chi connectivity index (χ1) is 7.71. The maximum absolute atomic E-state index is 11.8. The fourth-order valence-electron chi connectivity index (χ4n) is 2.57. The SMILES string of the molecule is O=C1OC2(CCN(S)CC2)c2ccccc21. The minimum Gasteiger partial charge on any atom is -0.450 e. The Morgan fingerprint density at radius 3 is 2.69 bits per heavy atom. The number of fused-ring (bicyclic) bond motifs is 2. The van der Waals surface area contributed by atoms with Crippen molar-refractivity contribution < 1.29 is 9.53 Å². The first-order valence-electron chi connectivity index (χ1n) is 5.48. The summed E-state index contributed by atoms with van der Waals surface area (Å²) in [6, 6.07) is 7.70. The van der Waals surface area contributed by atoms with Gasteiger partial charge < -0.3 is 4.74 Å². The van der Waals surface area contributed by atoms with Crippen LogP contribution in [-0.2, 0) is 10.3 Å². The number of carbonyl (C=O) groups excluding carboxylic acids is 1. The predicted molar refractivity (Wildman–Crippen MR) is 63.3 cm³/mol. The zero-order valence-corrected chi connectivity index (χ0v) is 9.74. The number of nitrogens with zero attached hydrogens (tertiary/aromatic N) is 1. The Morgan fingerprint density at radius 1 is 1.25 bits per heavy atom. The van der Waals surface area contributed by atoms with E-state index in [1.165, 1.54) is 0 Å². The second-order valence-electron chi connectivity index (χ2n) is 4.38. The van der Waals surface area contributed by atoms with E-state index in [4.69, 9.17) is 4.74 Å². The molecule has 2 heterocycles. The van der Waals surface area contributed by atoms with Gasteiger partial charge in [-0.2, -0.15) is 0 Å². The van der Waals surface area contributed by atoms with Gasteiger partial charge in [0.1, 0.15) is 5.60 Å². The summed E-state index contributed by atoms with van der Waals surface area (Å²) >= 11 is 4.32. The van der Waals surface area contributed by atoms with Crippen molar-refractivity contribution in [3.63, 3.8) is 0 Å². The highest BCUT2D eigenvalue weighted by molar-refractivity contribution is 7.77. The molecule has 0 aliphatic carbocycles. The van der Waals surface area contributed by atoms with Gasteiger partial charge in [-0.05, 0) is 6.07 Å². The van der Waals surface area contributed by atoms with E-state index in [-0.39, 0.29) is 11.6 Å². The van der Waals surface area contributed by atoms with Crippen molar-refractivity contribution >= 4 is 18.8 Å². The molecule has 1 saturated heterocycles. The summed E-state index contributed by atoms with van der Waals surface area (Å²) in [4.78, 5) is 11.8. The Morgan fingerprint density at radius 2 is 1.94 bits per heavy atom. The van der Waals surface area contributed by atoms with Gasteiger partial charge in [-0.3, -0.25) is 4.31 Å². The molecule has 1 aromatic rings. The lowest BCUT2D eigenvalue weighted by atomic mass is 9.84. The number of thiol groups is 1. The molecular formula is C12H13NO2S. The highest BCUT2D eigenvalue weighted by Gasteiger charge is 2.46. The van der Waals surface area contributed by atoms with Gasteiger partial charge in [-0.1, -0.05) is 31.0 Å². The number of hydrogen-bond acceptors (Lipinski definition) is 4. The third kappa shape index (κ3) is 1.37. The smallest absolute Gasteiger partial charge is 0.339 e. The lowest BCUT2D eigenvalue weighted by molar-refractivity contribution is -0.0318. The predicted octanol–water partition coefficient (Wildman–Crippen LogP) is 1.99. The molecule has 2 aliphatic heterocycles. The Balaban J connectivity index is 2.02. The monoisotopic (exact) mass is 235 g/mol. The number of ether oxygens (including phenoxy) is 1. The van der Waals surface area contributed by atoms with Gasteiger partial charge in [0.25, 0.3) is 0 Å². The molecule has 0 N–H and O–H groups in total. The molecule has 4 heteroatoms. The third-order valence-corrected chi connectivity index (χ3v) is 3.87. The molecule has 3 rings (SSSR count). The summed E-state index contributed by atoms with van der Waals surface area (Å²) in [5.41, 5.74) is 1.41. The number of piperidine rings is 1. The molecule has 0 radical (unpaired) electrons. The van der Waals surface area contributed by atoms with Gasteiger partial charge in [-0.15, -0.1) is 0 Å². The average molecular weight is 235 g/mol. The summed E-state index contributed by atoms with van der Waals surface area (Å²) < 4.78 is 7.58. The van der Waals surface area contributed by atoms with Crippen LogP contribution < -0.4 is 0 Å². The zero-order chi connectivity index (χ0) is 11.2. The number of hydrogen-bond donors (Lipinski definition) is 1. The van der Waals surface area contributed by atoms with Crippen LogP contribution in [0.3, 0.4) is 0 Å². The largest absolute Gasteiger partial charge is 0.450 e. The summed E-state index contributed by atoms with van der Waals surface area (Å²) in [5, 5.41) is 0. The van der Waals surface area contributed by atoms with E-state index in [0.717, 1.165) is 37.1 Å². The third-order valence-electron chi connectivity index (χ3n) is 3.47. The Hall–Kier alpha value is -1.00. The normalized spacial score (nSPS) is 23.2. The molecule has 3 nitrogen and oxygen atoms in total. The van der Waals surface area contributed by atoms with Crippen LogP contribution in [-0.4, -0.2) is 23.4 Å². The van der Waals surface area contributed by atoms with E-state index in [2.05, 4.69) is 12.8 Å². The van der Waals surface area contributed by atoms with E-state index in [9.17, 15) is 4.79 Å². The van der Waals surface area contributed by atoms with Crippen molar-refractivity contribution in [2.24, 2.45) is 0 Å². The van der Waals surface area contributed by atoms with E-state index < -0.39 is 0 Å². The van der Waals surface area contributed by atoms with E-state index >= 15 is 0 Å². The summed E-state index contributed by atoms with van der Waals surface area (Å²) in [6.45, 7) is 1.70. The maximum atomic E-state index is 11.8. The fraction of sp³-hybridized carbons (Fsp3) is 0.417. The van der Waals surface area contributed by atoms with Crippen molar-refractivity contribution in [2.45, 2.75) is 18.4 Å². The first-order valence-corrected chi connectivity index (χ1v) is 5.88. The van der Waals surface area contributed by atoms with Crippen LogP contribution >= 0.6 is 12.8 Å². The molecule has 2 aliphatic rings. The molecule has 0 unspecified atom stereocenters. The minimum atomic E-state index is -0.382. The number of benzene rings is 1. The highest BCUT2D eigenvalue weighted by Crippen LogP contribution is 2.43. The number of esters is 1. The van der Waals surface area contributed by atoms with Gasteiger partial charge in [0.15, 0.2) is 0 Å². The van der Waals surface area contributed by atoms with Crippen molar-refractivity contribution in [1.82, 2.24) is 4.31 Å². The lowest BCUT2D eigenvalue weighted by Crippen LogP contribution is -2.39. The molecule has 0 atom stereocenters. The number of rotatable bonds is 0. The Labute approximate surface area is 99.9 Å².